The highest BCUT2D eigenvalue weighted by Crippen LogP contribution is 2.33. The van der Waals surface area contributed by atoms with Crippen molar-refractivity contribution in [3.8, 4) is 10.6 Å². The molecule has 3 aromatic rings. The van der Waals surface area contributed by atoms with Crippen LogP contribution < -0.4 is 5.73 Å². The van der Waals surface area contributed by atoms with Gasteiger partial charge in [0.25, 0.3) is 0 Å². The number of fused-ring (bicyclic) bond motifs is 1. The lowest BCUT2D eigenvalue weighted by Gasteiger charge is -2.03. The monoisotopic (exact) mass is 305 g/mol. The standard InChI is InChI=1S/C13H12FN5OS/c14-8-2-1-3-9(15)10(8)12-18-19-11(7-4-5-20-6-7)16-17-13(19)21-12/h1-3,7H,4-6,15H2. The van der Waals surface area contributed by atoms with Crippen LogP contribution in [0.3, 0.4) is 0 Å². The zero-order valence-electron chi connectivity index (χ0n) is 11.0. The topological polar surface area (TPSA) is 78.3 Å². The summed E-state index contributed by atoms with van der Waals surface area (Å²) in [6, 6.07) is 4.61. The molecule has 3 heterocycles. The molecule has 0 amide bonds. The molecule has 0 spiro atoms. The largest absolute Gasteiger partial charge is 0.398 e. The van der Waals surface area contributed by atoms with Crippen molar-refractivity contribution >= 4 is 22.0 Å². The maximum absolute atomic E-state index is 14.0. The Morgan fingerprint density at radius 2 is 2.29 bits per heavy atom. The predicted octanol–water partition coefficient (Wildman–Crippen LogP) is 2.08. The molecule has 0 bridgehead atoms. The number of hydrogen-bond donors (Lipinski definition) is 1. The molecular weight excluding hydrogens is 293 g/mol. The second kappa shape index (κ2) is 4.74. The highest BCUT2D eigenvalue weighted by molar-refractivity contribution is 7.19. The minimum absolute atomic E-state index is 0.188. The van der Waals surface area contributed by atoms with Crippen LogP contribution in [0.15, 0.2) is 18.2 Å². The molecule has 0 aliphatic carbocycles. The van der Waals surface area contributed by atoms with E-state index in [-0.39, 0.29) is 11.7 Å². The third-order valence-electron chi connectivity index (χ3n) is 3.57. The Kier molecular flexibility index (Phi) is 2.86. The average Bonchev–Trinajstić information content (AvgIpc) is 3.13. The van der Waals surface area contributed by atoms with E-state index in [2.05, 4.69) is 15.3 Å². The summed E-state index contributed by atoms with van der Waals surface area (Å²) in [4.78, 5) is 0.634. The summed E-state index contributed by atoms with van der Waals surface area (Å²) in [7, 11) is 0. The fourth-order valence-corrected chi connectivity index (χ4v) is 3.41. The molecule has 1 fully saturated rings. The third-order valence-corrected chi connectivity index (χ3v) is 4.49. The molecular formula is C13H12FN5OS. The average molecular weight is 305 g/mol. The fraction of sp³-hybridized carbons (Fsp3) is 0.308. The molecule has 21 heavy (non-hydrogen) atoms. The predicted molar refractivity (Wildman–Crippen MR) is 76.6 cm³/mol. The van der Waals surface area contributed by atoms with Crippen LogP contribution in [0.4, 0.5) is 10.1 Å². The van der Waals surface area contributed by atoms with Crippen LogP contribution in [0.1, 0.15) is 18.2 Å². The molecule has 2 N–H and O–H groups in total. The van der Waals surface area contributed by atoms with Crippen LogP contribution in [0.5, 0.6) is 0 Å². The Morgan fingerprint density at radius 3 is 3.05 bits per heavy atom. The lowest BCUT2D eigenvalue weighted by molar-refractivity contribution is 0.193. The van der Waals surface area contributed by atoms with E-state index in [1.54, 1.807) is 16.6 Å². The van der Waals surface area contributed by atoms with Gasteiger partial charge in [0.2, 0.25) is 4.96 Å². The van der Waals surface area contributed by atoms with Gasteiger partial charge >= 0.3 is 0 Å². The van der Waals surface area contributed by atoms with E-state index in [1.807, 2.05) is 0 Å². The number of nitrogens with zero attached hydrogens (tertiary/aromatic N) is 4. The Hall–Kier alpha value is -2.06. The molecule has 4 rings (SSSR count). The van der Waals surface area contributed by atoms with Crippen molar-refractivity contribution < 1.29 is 9.13 Å². The Labute approximate surface area is 123 Å². The molecule has 6 nitrogen and oxygen atoms in total. The third kappa shape index (κ3) is 1.98. The molecule has 1 unspecified atom stereocenters. The number of anilines is 1. The first-order valence-corrected chi connectivity index (χ1v) is 7.40. The Morgan fingerprint density at radius 1 is 1.38 bits per heavy atom. The quantitative estimate of drug-likeness (QED) is 0.733. The SMILES string of the molecule is Nc1cccc(F)c1-c1nn2c(C3CCOC3)nnc2s1. The summed E-state index contributed by atoms with van der Waals surface area (Å²) < 4.78 is 21.0. The summed E-state index contributed by atoms with van der Waals surface area (Å²) >= 11 is 1.28. The van der Waals surface area contributed by atoms with E-state index >= 15 is 0 Å². The zero-order valence-corrected chi connectivity index (χ0v) is 11.8. The lowest BCUT2D eigenvalue weighted by Crippen LogP contribution is -2.05. The maximum atomic E-state index is 14.0. The summed E-state index contributed by atoms with van der Waals surface area (Å²) in [5, 5.41) is 13.2. The van der Waals surface area contributed by atoms with Crippen molar-refractivity contribution in [2.24, 2.45) is 0 Å². The van der Waals surface area contributed by atoms with Gasteiger partial charge in [-0.1, -0.05) is 17.4 Å². The second-order valence-electron chi connectivity index (χ2n) is 4.92. The zero-order chi connectivity index (χ0) is 14.4. The molecule has 108 valence electrons. The molecule has 1 aliphatic rings. The van der Waals surface area contributed by atoms with Crippen LogP contribution >= 0.6 is 11.3 Å². The van der Waals surface area contributed by atoms with Crippen LogP contribution in [0, 0.1) is 5.82 Å². The number of nitrogens with two attached hydrogens (primary N) is 1. The van der Waals surface area contributed by atoms with Gasteiger partial charge in [-0.2, -0.15) is 9.61 Å². The molecule has 1 aromatic carbocycles. The second-order valence-corrected chi connectivity index (χ2v) is 5.88. The van der Waals surface area contributed by atoms with Gasteiger partial charge < -0.3 is 10.5 Å². The van der Waals surface area contributed by atoms with Crippen molar-refractivity contribution in [2.75, 3.05) is 18.9 Å². The van der Waals surface area contributed by atoms with Gasteiger partial charge in [0, 0.05) is 18.2 Å². The summed E-state index contributed by atoms with van der Waals surface area (Å²) in [5.41, 5.74) is 6.55. The number of aromatic nitrogens is 4. The first-order valence-electron chi connectivity index (χ1n) is 6.58. The van der Waals surface area contributed by atoms with Crippen LogP contribution in [0.25, 0.3) is 15.5 Å². The number of benzene rings is 1. The molecule has 2 aromatic heterocycles. The first-order chi connectivity index (χ1) is 10.2. The van der Waals surface area contributed by atoms with E-state index in [0.29, 0.717) is 27.8 Å². The van der Waals surface area contributed by atoms with Gasteiger partial charge in [0.15, 0.2) is 10.8 Å². The molecule has 8 heteroatoms. The molecule has 1 saturated heterocycles. The van der Waals surface area contributed by atoms with E-state index in [0.717, 1.165) is 18.9 Å². The molecule has 1 aliphatic heterocycles. The number of halogens is 1. The lowest BCUT2D eigenvalue weighted by atomic mass is 10.1. The van der Waals surface area contributed by atoms with Gasteiger partial charge in [-0.15, -0.1) is 10.2 Å². The number of ether oxygens (including phenoxy) is 1. The van der Waals surface area contributed by atoms with Crippen molar-refractivity contribution in [3.05, 3.63) is 29.8 Å². The van der Waals surface area contributed by atoms with Crippen LogP contribution in [-0.4, -0.2) is 33.0 Å². The summed E-state index contributed by atoms with van der Waals surface area (Å²) in [6.45, 7) is 1.34. The highest BCUT2D eigenvalue weighted by Gasteiger charge is 2.25. The maximum Gasteiger partial charge on any atom is 0.234 e. The van der Waals surface area contributed by atoms with E-state index < -0.39 is 0 Å². The Bertz CT molecular complexity index is 788. The summed E-state index contributed by atoms with van der Waals surface area (Å²) in [6.07, 6.45) is 0.898. The smallest absolute Gasteiger partial charge is 0.234 e. The molecule has 1 atom stereocenters. The van der Waals surface area contributed by atoms with Gasteiger partial charge in [0.1, 0.15) is 5.82 Å². The normalized spacial score (nSPS) is 18.6. The minimum atomic E-state index is -0.384. The van der Waals surface area contributed by atoms with Gasteiger partial charge in [-0.25, -0.2) is 4.39 Å². The van der Waals surface area contributed by atoms with Crippen molar-refractivity contribution in [3.63, 3.8) is 0 Å². The summed E-state index contributed by atoms with van der Waals surface area (Å²) in [5.74, 6) is 0.568. The van der Waals surface area contributed by atoms with Crippen LogP contribution in [0.2, 0.25) is 0 Å². The minimum Gasteiger partial charge on any atom is -0.398 e. The number of hydrogen-bond acceptors (Lipinski definition) is 6. The van der Waals surface area contributed by atoms with Crippen molar-refractivity contribution in [1.82, 2.24) is 19.8 Å². The van der Waals surface area contributed by atoms with Crippen LogP contribution in [-0.2, 0) is 4.74 Å². The van der Waals surface area contributed by atoms with Crippen molar-refractivity contribution in [1.29, 1.82) is 0 Å². The van der Waals surface area contributed by atoms with Crippen molar-refractivity contribution in [2.45, 2.75) is 12.3 Å². The van der Waals surface area contributed by atoms with E-state index in [9.17, 15) is 4.39 Å². The molecule has 0 radical (unpaired) electrons. The Balaban J connectivity index is 1.84. The van der Waals surface area contributed by atoms with E-state index in [1.165, 1.54) is 17.4 Å². The number of rotatable bonds is 2. The first kappa shape index (κ1) is 12.7. The highest BCUT2D eigenvalue weighted by atomic mass is 32.1. The van der Waals surface area contributed by atoms with Gasteiger partial charge in [0.05, 0.1) is 12.2 Å². The van der Waals surface area contributed by atoms with Gasteiger partial charge in [-0.05, 0) is 18.6 Å². The molecule has 0 saturated carbocycles. The number of nitrogen functional groups attached to an aromatic ring is 1. The fourth-order valence-electron chi connectivity index (χ4n) is 2.49. The van der Waals surface area contributed by atoms with E-state index in [4.69, 9.17) is 10.5 Å². The van der Waals surface area contributed by atoms with Gasteiger partial charge in [-0.3, -0.25) is 0 Å².